The van der Waals surface area contributed by atoms with Crippen molar-refractivity contribution in [2.75, 3.05) is 13.1 Å². The molecule has 3 rings (SSSR count). The van der Waals surface area contributed by atoms with Crippen LogP contribution >= 0.6 is 0 Å². The molecule has 1 N–H and O–H groups in total. The van der Waals surface area contributed by atoms with Crippen molar-refractivity contribution in [3.8, 4) is 0 Å². The summed E-state index contributed by atoms with van der Waals surface area (Å²) in [5.74, 6) is 0.844. The molecular formula is C20H30N2O. The molecule has 1 heterocycles. The van der Waals surface area contributed by atoms with Crippen LogP contribution in [0.15, 0.2) is 24.3 Å². The second-order valence-electron chi connectivity index (χ2n) is 7.28. The minimum atomic E-state index is 0.217. The Hall–Kier alpha value is -1.35. The zero-order valence-corrected chi connectivity index (χ0v) is 14.2. The van der Waals surface area contributed by atoms with Crippen LogP contribution in [0.1, 0.15) is 62.5 Å². The molecule has 1 aromatic carbocycles. The normalized spacial score (nSPS) is 19.8. The molecule has 0 atom stereocenters. The Morgan fingerprint density at radius 3 is 2.30 bits per heavy atom. The highest BCUT2D eigenvalue weighted by Gasteiger charge is 2.18. The molecule has 3 nitrogen and oxygen atoms in total. The maximum Gasteiger partial charge on any atom is 0.220 e. The fourth-order valence-corrected chi connectivity index (χ4v) is 3.89. The summed E-state index contributed by atoms with van der Waals surface area (Å²) in [6.07, 6.45) is 9.85. The van der Waals surface area contributed by atoms with Gasteiger partial charge < -0.3 is 5.32 Å². The molecule has 0 bridgehead atoms. The summed E-state index contributed by atoms with van der Waals surface area (Å²) in [5.41, 5.74) is 2.58. The van der Waals surface area contributed by atoms with Crippen molar-refractivity contribution in [1.82, 2.24) is 10.2 Å². The van der Waals surface area contributed by atoms with Crippen molar-refractivity contribution in [2.24, 2.45) is 5.92 Å². The highest BCUT2D eigenvalue weighted by molar-refractivity contribution is 5.76. The van der Waals surface area contributed by atoms with Gasteiger partial charge in [0.15, 0.2) is 0 Å². The molecule has 0 unspecified atom stereocenters. The van der Waals surface area contributed by atoms with Gasteiger partial charge in [-0.25, -0.2) is 0 Å². The number of rotatable bonds is 6. The van der Waals surface area contributed by atoms with Crippen LogP contribution in [0.5, 0.6) is 0 Å². The van der Waals surface area contributed by atoms with Crippen molar-refractivity contribution < 1.29 is 4.79 Å². The van der Waals surface area contributed by atoms with Crippen molar-refractivity contribution in [1.29, 1.82) is 0 Å². The topological polar surface area (TPSA) is 32.3 Å². The number of nitrogens with zero attached hydrogens (tertiary/aromatic N) is 1. The van der Waals surface area contributed by atoms with E-state index in [-0.39, 0.29) is 5.91 Å². The largest absolute Gasteiger partial charge is 0.352 e. The molecule has 1 aliphatic carbocycles. The van der Waals surface area contributed by atoms with Gasteiger partial charge in [0, 0.05) is 19.5 Å². The number of amides is 1. The monoisotopic (exact) mass is 314 g/mol. The maximum absolute atomic E-state index is 12.0. The van der Waals surface area contributed by atoms with E-state index in [0.717, 1.165) is 6.54 Å². The van der Waals surface area contributed by atoms with Gasteiger partial charge in [0.25, 0.3) is 0 Å². The maximum atomic E-state index is 12.0. The summed E-state index contributed by atoms with van der Waals surface area (Å²) in [6.45, 7) is 4.20. The molecule has 1 saturated heterocycles. The van der Waals surface area contributed by atoms with Crippen LogP contribution in [0.3, 0.4) is 0 Å². The first-order valence-electron chi connectivity index (χ1n) is 9.36. The van der Waals surface area contributed by atoms with Gasteiger partial charge in [-0.05, 0) is 55.8 Å². The van der Waals surface area contributed by atoms with Gasteiger partial charge in [0.2, 0.25) is 5.91 Å². The lowest BCUT2D eigenvalue weighted by atomic mass is 10.0. The summed E-state index contributed by atoms with van der Waals surface area (Å²) >= 11 is 0. The van der Waals surface area contributed by atoms with Gasteiger partial charge >= 0.3 is 0 Å². The van der Waals surface area contributed by atoms with E-state index in [0.29, 0.717) is 18.9 Å². The summed E-state index contributed by atoms with van der Waals surface area (Å²) in [6, 6.07) is 8.75. The number of likely N-dealkylation sites (tertiary alicyclic amines) is 1. The van der Waals surface area contributed by atoms with E-state index in [1.165, 1.54) is 69.2 Å². The van der Waals surface area contributed by atoms with E-state index >= 15 is 0 Å². The van der Waals surface area contributed by atoms with Gasteiger partial charge in [-0.15, -0.1) is 0 Å². The van der Waals surface area contributed by atoms with E-state index in [9.17, 15) is 4.79 Å². The highest BCUT2D eigenvalue weighted by Crippen LogP contribution is 2.27. The van der Waals surface area contributed by atoms with E-state index in [1.54, 1.807) is 0 Å². The Morgan fingerprint density at radius 2 is 1.61 bits per heavy atom. The third kappa shape index (κ3) is 5.35. The first-order valence-corrected chi connectivity index (χ1v) is 9.36. The van der Waals surface area contributed by atoms with Crippen molar-refractivity contribution >= 4 is 5.91 Å². The van der Waals surface area contributed by atoms with Gasteiger partial charge in [-0.2, -0.15) is 0 Å². The SMILES string of the molecule is O=C(CC1CCCC1)NCc1ccc(CN2CCCCC2)cc1. The first kappa shape index (κ1) is 16.5. The zero-order valence-electron chi connectivity index (χ0n) is 14.2. The number of nitrogens with one attached hydrogen (secondary N) is 1. The minimum absolute atomic E-state index is 0.217. The van der Waals surface area contributed by atoms with Gasteiger partial charge in [-0.3, -0.25) is 9.69 Å². The van der Waals surface area contributed by atoms with Crippen LogP contribution in [0.25, 0.3) is 0 Å². The van der Waals surface area contributed by atoms with Crippen molar-refractivity contribution in [2.45, 2.75) is 64.5 Å². The first-order chi connectivity index (χ1) is 11.3. The summed E-state index contributed by atoms with van der Waals surface area (Å²) in [5, 5.41) is 3.08. The van der Waals surface area contributed by atoms with Crippen LogP contribution in [0.4, 0.5) is 0 Å². The molecule has 0 spiro atoms. The van der Waals surface area contributed by atoms with Crippen molar-refractivity contribution in [3.05, 3.63) is 35.4 Å². The Labute approximate surface area is 140 Å². The van der Waals surface area contributed by atoms with E-state index < -0.39 is 0 Å². The molecule has 1 saturated carbocycles. The summed E-state index contributed by atoms with van der Waals surface area (Å²) < 4.78 is 0. The average Bonchev–Trinajstić information content (AvgIpc) is 3.08. The lowest BCUT2D eigenvalue weighted by Crippen LogP contribution is -2.29. The number of hydrogen-bond acceptors (Lipinski definition) is 2. The zero-order chi connectivity index (χ0) is 15.9. The van der Waals surface area contributed by atoms with Gasteiger partial charge in [0.1, 0.15) is 0 Å². The Morgan fingerprint density at radius 1 is 0.957 bits per heavy atom. The van der Waals surface area contributed by atoms with Crippen LogP contribution < -0.4 is 5.32 Å². The lowest BCUT2D eigenvalue weighted by Gasteiger charge is -2.26. The van der Waals surface area contributed by atoms with Crippen molar-refractivity contribution in [3.63, 3.8) is 0 Å². The third-order valence-corrected chi connectivity index (χ3v) is 5.32. The number of carbonyl (C=O) groups excluding carboxylic acids is 1. The molecule has 0 aromatic heterocycles. The lowest BCUT2D eigenvalue weighted by molar-refractivity contribution is -0.122. The average molecular weight is 314 g/mol. The molecule has 1 aromatic rings. The Bertz CT molecular complexity index is 485. The van der Waals surface area contributed by atoms with Crippen LogP contribution in [0, 0.1) is 5.92 Å². The van der Waals surface area contributed by atoms with Crippen LogP contribution in [-0.4, -0.2) is 23.9 Å². The quantitative estimate of drug-likeness (QED) is 0.864. The number of hydrogen-bond donors (Lipinski definition) is 1. The third-order valence-electron chi connectivity index (χ3n) is 5.32. The fourth-order valence-electron chi connectivity index (χ4n) is 3.89. The summed E-state index contributed by atoms with van der Waals surface area (Å²) in [4.78, 5) is 14.5. The smallest absolute Gasteiger partial charge is 0.220 e. The number of carbonyl (C=O) groups is 1. The Balaban J connectivity index is 1.40. The molecular weight excluding hydrogens is 284 g/mol. The van der Waals surface area contributed by atoms with Crippen LogP contribution in [-0.2, 0) is 17.9 Å². The molecule has 2 fully saturated rings. The molecule has 1 amide bonds. The second-order valence-corrected chi connectivity index (χ2v) is 7.28. The molecule has 1 aliphatic heterocycles. The fraction of sp³-hybridized carbons (Fsp3) is 0.650. The number of benzene rings is 1. The molecule has 0 radical (unpaired) electrons. The second kappa shape index (κ2) is 8.49. The molecule has 23 heavy (non-hydrogen) atoms. The van der Waals surface area contributed by atoms with E-state index in [1.807, 2.05) is 0 Å². The standard InChI is InChI=1S/C20H30N2O/c23-20(14-17-6-2-3-7-17)21-15-18-8-10-19(11-9-18)16-22-12-4-1-5-13-22/h8-11,17H,1-7,12-16H2,(H,21,23). The number of piperidine rings is 1. The molecule has 2 aliphatic rings. The highest BCUT2D eigenvalue weighted by atomic mass is 16.1. The van der Waals surface area contributed by atoms with E-state index in [2.05, 4.69) is 34.5 Å². The van der Waals surface area contributed by atoms with Gasteiger partial charge in [0.05, 0.1) is 0 Å². The Kier molecular flexibility index (Phi) is 6.09. The predicted molar refractivity (Wildman–Crippen MR) is 94.0 cm³/mol. The minimum Gasteiger partial charge on any atom is -0.352 e. The predicted octanol–water partition coefficient (Wildman–Crippen LogP) is 3.87. The van der Waals surface area contributed by atoms with Crippen LogP contribution in [0.2, 0.25) is 0 Å². The molecule has 3 heteroatoms. The molecule has 126 valence electrons. The van der Waals surface area contributed by atoms with E-state index in [4.69, 9.17) is 0 Å². The van der Waals surface area contributed by atoms with Gasteiger partial charge in [-0.1, -0.05) is 43.5 Å². The summed E-state index contributed by atoms with van der Waals surface area (Å²) in [7, 11) is 0.